The third-order valence-electron chi connectivity index (χ3n) is 3.72. The molecule has 1 saturated heterocycles. The molecule has 0 aromatic carbocycles. The molecule has 1 fully saturated rings. The van der Waals surface area contributed by atoms with Gasteiger partial charge >= 0.3 is 0 Å². The Bertz CT molecular complexity index is 346. The molecule has 0 spiro atoms. The minimum absolute atomic E-state index is 0.0547. The summed E-state index contributed by atoms with van der Waals surface area (Å²) in [6, 6.07) is 0.0547. The second kappa shape index (κ2) is 7.60. The van der Waals surface area contributed by atoms with Crippen LogP contribution in [-0.2, 0) is 10.0 Å². The van der Waals surface area contributed by atoms with Crippen LogP contribution in [0.5, 0.6) is 0 Å². The van der Waals surface area contributed by atoms with Crippen LogP contribution in [0.2, 0.25) is 0 Å². The van der Waals surface area contributed by atoms with Crippen LogP contribution in [0.4, 0.5) is 0 Å². The first-order chi connectivity index (χ1) is 8.83. The van der Waals surface area contributed by atoms with E-state index >= 15 is 0 Å². The van der Waals surface area contributed by atoms with E-state index < -0.39 is 10.0 Å². The standard InChI is InChI=1S/C14H30N2O2S/c1-12(2)7-9-19(17,18)16(13(3)4)11-14-6-5-8-15-10-14/h12-15H,5-11H2,1-4H3. The second-order valence-electron chi connectivity index (χ2n) is 6.37. The van der Waals surface area contributed by atoms with Crippen molar-refractivity contribution in [1.29, 1.82) is 0 Å². The lowest BCUT2D eigenvalue weighted by molar-refractivity contribution is 0.263. The van der Waals surface area contributed by atoms with Gasteiger partial charge in [-0.25, -0.2) is 8.42 Å². The summed E-state index contributed by atoms with van der Waals surface area (Å²) in [5.74, 6) is 1.17. The Labute approximate surface area is 119 Å². The predicted molar refractivity (Wildman–Crippen MR) is 80.7 cm³/mol. The van der Waals surface area contributed by atoms with E-state index in [2.05, 4.69) is 19.2 Å². The fraction of sp³-hybridized carbons (Fsp3) is 1.00. The van der Waals surface area contributed by atoms with Gasteiger partial charge in [0.15, 0.2) is 0 Å². The zero-order chi connectivity index (χ0) is 14.5. The predicted octanol–water partition coefficient (Wildman–Crippen LogP) is 2.07. The molecule has 1 heterocycles. The van der Waals surface area contributed by atoms with Crippen LogP contribution < -0.4 is 5.32 Å². The summed E-state index contributed by atoms with van der Waals surface area (Å²) in [6.45, 7) is 10.8. The van der Waals surface area contributed by atoms with Crippen molar-refractivity contribution in [3.8, 4) is 0 Å². The van der Waals surface area contributed by atoms with Gasteiger partial charge in [0.1, 0.15) is 0 Å². The first-order valence-corrected chi connectivity index (χ1v) is 9.14. The molecule has 0 aromatic heterocycles. The molecule has 0 bridgehead atoms. The summed E-state index contributed by atoms with van der Waals surface area (Å²) < 4.78 is 26.6. The SMILES string of the molecule is CC(C)CCS(=O)(=O)N(CC1CCCNC1)C(C)C. The van der Waals surface area contributed by atoms with Crippen molar-refractivity contribution >= 4 is 10.0 Å². The van der Waals surface area contributed by atoms with Gasteiger partial charge in [0.2, 0.25) is 10.0 Å². The van der Waals surface area contributed by atoms with E-state index in [1.54, 1.807) is 4.31 Å². The molecule has 1 rings (SSSR count). The Kier molecular flexibility index (Phi) is 6.77. The van der Waals surface area contributed by atoms with E-state index in [9.17, 15) is 8.42 Å². The lowest BCUT2D eigenvalue weighted by atomic mass is 9.99. The molecule has 1 N–H and O–H groups in total. The van der Waals surface area contributed by atoms with Crippen molar-refractivity contribution in [3.05, 3.63) is 0 Å². The minimum atomic E-state index is -3.11. The number of rotatable bonds is 7. The number of nitrogens with zero attached hydrogens (tertiary/aromatic N) is 1. The molecule has 0 radical (unpaired) electrons. The summed E-state index contributed by atoms with van der Waals surface area (Å²) in [5, 5.41) is 3.36. The highest BCUT2D eigenvalue weighted by Gasteiger charge is 2.28. The second-order valence-corrected chi connectivity index (χ2v) is 8.42. The highest BCUT2D eigenvalue weighted by molar-refractivity contribution is 7.89. The first kappa shape index (κ1) is 16.9. The highest BCUT2D eigenvalue weighted by atomic mass is 32.2. The number of piperidine rings is 1. The van der Waals surface area contributed by atoms with Gasteiger partial charge in [-0.05, 0) is 58.0 Å². The zero-order valence-corrected chi connectivity index (χ0v) is 13.7. The van der Waals surface area contributed by atoms with Crippen molar-refractivity contribution in [2.75, 3.05) is 25.4 Å². The van der Waals surface area contributed by atoms with E-state index in [1.165, 1.54) is 0 Å². The Morgan fingerprint density at radius 1 is 1.26 bits per heavy atom. The summed E-state index contributed by atoms with van der Waals surface area (Å²) in [6.07, 6.45) is 3.03. The molecular weight excluding hydrogens is 260 g/mol. The van der Waals surface area contributed by atoms with E-state index in [4.69, 9.17) is 0 Å². The molecule has 1 aliphatic heterocycles. The molecule has 5 heteroatoms. The fourth-order valence-electron chi connectivity index (χ4n) is 2.48. The van der Waals surface area contributed by atoms with Crippen LogP contribution in [-0.4, -0.2) is 44.2 Å². The molecule has 1 aliphatic rings. The van der Waals surface area contributed by atoms with E-state index in [-0.39, 0.29) is 11.8 Å². The molecular formula is C14H30N2O2S. The Morgan fingerprint density at radius 3 is 2.42 bits per heavy atom. The lowest BCUT2D eigenvalue weighted by Gasteiger charge is -2.32. The van der Waals surface area contributed by atoms with Gasteiger partial charge in [-0.15, -0.1) is 0 Å². The highest BCUT2D eigenvalue weighted by Crippen LogP contribution is 2.18. The summed E-state index contributed by atoms with van der Waals surface area (Å²) in [5.41, 5.74) is 0. The zero-order valence-electron chi connectivity index (χ0n) is 12.9. The molecule has 0 saturated carbocycles. The van der Waals surface area contributed by atoms with Gasteiger partial charge in [0, 0.05) is 12.6 Å². The molecule has 0 aliphatic carbocycles. The number of nitrogens with one attached hydrogen (secondary N) is 1. The van der Waals surface area contributed by atoms with E-state index in [0.717, 1.165) is 32.4 Å². The van der Waals surface area contributed by atoms with Gasteiger partial charge in [-0.3, -0.25) is 0 Å². The average molecular weight is 290 g/mol. The van der Waals surface area contributed by atoms with Gasteiger partial charge in [-0.1, -0.05) is 13.8 Å². The minimum Gasteiger partial charge on any atom is -0.316 e. The number of hydrogen-bond acceptors (Lipinski definition) is 3. The van der Waals surface area contributed by atoms with Crippen LogP contribution in [0, 0.1) is 11.8 Å². The maximum absolute atomic E-state index is 12.5. The van der Waals surface area contributed by atoms with E-state index in [1.807, 2.05) is 13.8 Å². The van der Waals surface area contributed by atoms with Crippen molar-refractivity contribution in [1.82, 2.24) is 9.62 Å². The largest absolute Gasteiger partial charge is 0.316 e. The third kappa shape index (κ3) is 5.79. The van der Waals surface area contributed by atoms with Crippen molar-refractivity contribution < 1.29 is 8.42 Å². The van der Waals surface area contributed by atoms with Gasteiger partial charge in [-0.2, -0.15) is 4.31 Å². The van der Waals surface area contributed by atoms with Crippen LogP contribution >= 0.6 is 0 Å². The molecule has 1 unspecified atom stereocenters. The molecule has 1 atom stereocenters. The maximum Gasteiger partial charge on any atom is 0.214 e. The normalized spacial score (nSPS) is 21.5. The van der Waals surface area contributed by atoms with E-state index in [0.29, 0.717) is 18.4 Å². The Hall–Kier alpha value is -0.130. The first-order valence-electron chi connectivity index (χ1n) is 7.53. The quantitative estimate of drug-likeness (QED) is 0.781. The summed E-state index contributed by atoms with van der Waals surface area (Å²) >= 11 is 0. The number of sulfonamides is 1. The van der Waals surface area contributed by atoms with Crippen molar-refractivity contribution in [3.63, 3.8) is 0 Å². The Balaban J connectivity index is 2.64. The molecule has 0 amide bonds. The molecule has 0 aromatic rings. The van der Waals surface area contributed by atoms with Crippen LogP contribution in [0.1, 0.15) is 47.0 Å². The van der Waals surface area contributed by atoms with Crippen LogP contribution in [0.25, 0.3) is 0 Å². The lowest BCUT2D eigenvalue weighted by Crippen LogP contribution is -2.45. The summed E-state index contributed by atoms with van der Waals surface area (Å²) in [7, 11) is -3.11. The molecule has 114 valence electrons. The Morgan fingerprint density at radius 2 is 1.95 bits per heavy atom. The van der Waals surface area contributed by atoms with Crippen LogP contribution in [0.3, 0.4) is 0 Å². The van der Waals surface area contributed by atoms with Gasteiger partial charge in [0.25, 0.3) is 0 Å². The third-order valence-corrected chi connectivity index (χ3v) is 5.76. The van der Waals surface area contributed by atoms with Gasteiger partial charge in [0.05, 0.1) is 5.75 Å². The topological polar surface area (TPSA) is 49.4 Å². The number of hydrogen-bond donors (Lipinski definition) is 1. The maximum atomic E-state index is 12.5. The monoisotopic (exact) mass is 290 g/mol. The average Bonchev–Trinajstić information content (AvgIpc) is 2.34. The van der Waals surface area contributed by atoms with Crippen molar-refractivity contribution in [2.45, 2.75) is 53.0 Å². The fourth-order valence-corrected chi connectivity index (χ4v) is 4.57. The molecule has 19 heavy (non-hydrogen) atoms. The van der Waals surface area contributed by atoms with Gasteiger partial charge < -0.3 is 5.32 Å². The summed E-state index contributed by atoms with van der Waals surface area (Å²) in [4.78, 5) is 0. The van der Waals surface area contributed by atoms with Crippen molar-refractivity contribution in [2.24, 2.45) is 11.8 Å². The smallest absolute Gasteiger partial charge is 0.214 e. The van der Waals surface area contributed by atoms with Crippen LogP contribution in [0.15, 0.2) is 0 Å². The molecule has 4 nitrogen and oxygen atoms in total.